The lowest BCUT2D eigenvalue weighted by Gasteiger charge is -2.26. The Kier molecular flexibility index (Phi) is 4.77. The Morgan fingerprint density at radius 1 is 1.42 bits per heavy atom. The quantitative estimate of drug-likeness (QED) is 0.926. The second-order valence-corrected chi connectivity index (χ2v) is 5.35. The normalized spacial score (nSPS) is 21.1. The minimum atomic E-state index is -0.829. The van der Waals surface area contributed by atoms with Crippen LogP contribution in [0.5, 0.6) is 0 Å². The first kappa shape index (κ1) is 14.3. The van der Waals surface area contributed by atoms with Crippen molar-refractivity contribution < 1.29 is 14.3 Å². The zero-order valence-corrected chi connectivity index (χ0v) is 11.4. The minimum absolute atomic E-state index is 0.295. The molecule has 0 aromatic heterocycles. The molecule has 3 nitrogen and oxygen atoms in total. The van der Waals surface area contributed by atoms with Gasteiger partial charge in [0, 0.05) is 17.1 Å². The molecule has 1 aliphatic rings. The lowest BCUT2D eigenvalue weighted by molar-refractivity contribution is -0.143. The van der Waals surface area contributed by atoms with E-state index >= 15 is 0 Å². The highest BCUT2D eigenvalue weighted by molar-refractivity contribution is 6.30. The van der Waals surface area contributed by atoms with E-state index in [9.17, 15) is 14.3 Å². The summed E-state index contributed by atoms with van der Waals surface area (Å²) in [6.45, 7) is 0.978. The van der Waals surface area contributed by atoms with Gasteiger partial charge < -0.3 is 5.11 Å². The van der Waals surface area contributed by atoms with Crippen LogP contribution in [-0.4, -0.2) is 28.6 Å². The first-order chi connectivity index (χ1) is 9.08. The van der Waals surface area contributed by atoms with Gasteiger partial charge in [-0.15, -0.1) is 0 Å². The fourth-order valence-corrected chi connectivity index (χ4v) is 2.71. The number of halogens is 2. The fraction of sp³-hybridized carbons (Fsp3) is 0.500. The summed E-state index contributed by atoms with van der Waals surface area (Å²) in [6, 6.07) is 3.87. The Morgan fingerprint density at radius 3 is 2.95 bits per heavy atom. The monoisotopic (exact) mass is 285 g/mol. The standard InChI is InChI=1S/C14H17ClFNO2/c15-11-5-6-12(16)10(8-11)9-17-7-3-1-2-4-13(17)14(18)19/h5-6,8,13H,1-4,7,9H2,(H,18,19). The molecule has 1 aromatic rings. The van der Waals surface area contributed by atoms with Gasteiger partial charge in [-0.3, -0.25) is 9.69 Å². The molecule has 1 aliphatic heterocycles. The Balaban J connectivity index is 2.18. The lowest BCUT2D eigenvalue weighted by atomic mass is 10.1. The molecule has 2 rings (SSSR count). The van der Waals surface area contributed by atoms with Gasteiger partial charge in [-0.1, -0.05) is 24.4 Å². The summed E-state index contributed by atoms with van der Waals surface area (Å²) < 4.78 is 13.7. The fourth-order valence-electron chi connectivity index (χ4n) is 2.52. The molecule has 0 spiro atoms. The van der Waals surface area contributed by atoms with Gasteiger partial charge >= 0.3 is 5.97 Å². The summed E-state index contributed by atoms with van der Waals surface area (Å²) in [5, 5.41) is 9.74. The van der Waals surface area contributed by atoms with Gasteiger partial charge in [-0.2, -0.15) is 0 Å². The van der Waals surface area contributed by atoms with Crippen molar-refractivity contribution >= 4 is 17.6 Å². The van der Waals surface area contributed by atoms with Gasteiger partial charge in [-0.05, 0) is 37.6 Å². The lowest BCUT2D eigenvalue weighted by Crippen LogP contribution is -2.40. The number of rotatable bonds is 3. The largest absolute Gasteiger partial charge is 0.480 e. The van der Waals surface area contributed by atoms with Crippen LogP contribution in [0.1, 0.15) is 31.2 Å². The molecule has 1 unspecified atom stereocenters. The Bertz CT molecular complexity index is 467. The Morgan fingerprint density at radius 2 is 2.21 bits per heavy atom. The molecule has 0 saturated carbocycles. The van der Waals surface area contributed by atoms with E-state index in [1.165, 1.54) is 12.1 Å². The highest BCUT2D eigenvalue weighted by atomic mass is 35.5. The molecule has 0 radical (unpaired) electrons. The summed E-state index contributed by atoms with van der Waals surface area (Å²) in [6.07, 6.45) is 3.51. The van der Waals surface area contributed by atoms with Crippen molar-refractivity contribution in [2.45, 2.75) is 38.3 Å². The highest BCUT2D eigenvalue weighted by Gasteiger charge is 2.27. The van der Waals surface area contributed by atoms with Crippen molar-refractivity contribution in [3.05, 3.63) is 34.6 Å². The van der Waals surface area contributed by atoms with E-state index in [4.69, 9.17) is 11.6 Å². The molecule has 1 heterocycles. The van der Waals surface area contributed by atoms with E-state index in [0.717, 1.165) is 19.3 Å². The van der Waals surface area contributed by atoms with E-state index in [1.807, 2.05) is 4.90 Å². The molecule has 0 bridgehead atoms. The number of carboxylic acids is 1. The van der Waals surface area contributed by atoms with Crippen LogP contribution < -0.4 is 0 Å². The molecular weight excluding hydrogens is 269 g/mol. The second-order valence-electron chi connectivity index (χ2n) is 4.91. The third kappa shape index (κ3) is 3.67. The van der Waals surface area contributed by atoms with Gasteiger partial charge in [0.25, 0.3) is 0 Å². The van der Waals surface area contributed by atoms with E-state index in [0.29, 0.717) is 30.1 Å². The van der Waals surface area contributed by atoms with Crippen LogP contribution in [0.4, 0.5) is 4.39 Å². The zero-order valence-electron chi connectivity index (χ0n) is 10.6. The summed E-state index contributed by atoms with van der Waals surface area (Å²) >= 11 is 5.86. The molecule has 0 aliphatic carbocycles. The molecule has 1 fully saturated rings. The molecule has 19 heavy (non-hydrogen) atoms. The molecule has 104 valence electrons. The highest BCUT2D eigenvalue weighted by Crippen LogP contribution is 2.22. The molecular formula is C14H17ClFNO2. The van der Waals surface area contributed by atoms with Crippen molar-refractivity contribution in [3.63, 3.8) is 0 Å². The van der Waals surface area contributed by atoms with Crippen molar-refractivity contribution in [1.82, 2.24) is 4.90 Å². The van der Waals surface area contributed by atoms with Crippen LogP contribution in [0, 0.1) is 5.82 Å². The number of hydrogen-bond donors (Lipinski definition) is 1. The van der Waals surface area contributed by atoms with Crippen LogP contribution in [0.25, 0.3) is 0 Å². The molecule has 0 amide bonds. The molecule has 5 heteroatoms. The number of benzene rings is 1. The minimum Gasteiger partial charge on any atom is -0.480 e. The van der Waals surface area contributed by atoms with Crippen LogP contribution in [-0.2, 0) is 11.3 Å². The summed E-state index contributed by atoms with van der Waals surface area (Å²) in [4.78, 5) is 13.1. The third-order valence-electron chi connectivity index (χ3n) is 3.53. The maximum Gasteiger partial charge on any atom is 0.320 e. The average Bonchev–Trinajstić information content (AvgIpc) is 2.59. The van der Waals surface area contributed by atoms with Gasteiger partial charge in [0.05, 0.1) is 0 Å². The van der Waals surface area contributed by atoms with Crippen molar-refractivity contribution in [2.24, 2.45) is 0 Å². The maximum absolute atomic E-state index is 13.7. The molecule has 1 N–H and O–H groups in total. The third-order valence-corrected chi connectivity index (χ3v) is 3.77. The van der Waals surface area contributed by atoms with E-state index in [-0.39, 0.29) is 5.82 Å². The van der Waals surface area contributed by atoms with E-state index < -0.39 is 12.0 Å². The van der Waals surface area contributed by atoms with E-state index in [2.05, 4.69) is 0 Å². The van der Waals surface area contributed by atoms with Gasteiger partial charge in [0.1, 0.15) is 11.9 Å². The van der Waals surface area contributed by atoms with Crippen molar-refractivity contribution in [3.8, 4) is 0 Å². The first-order valence-corrected chi connectivity index (χ1v) is 6.86. The molecule has 1 atom stereocenters. The zero-order chi connectivity index (χ0) is 13.8. The van der Waals surface area contributed by atoms with E-state index in [1.54, 1.807) is 6.07 Å². The summed E-state index contributed by atoms with van der Waals surface area (Å²) in [5.74, 6) is -1.16. The van der Waals surface area contributed by atoms with Crippen LogP contribution in [0.2, 0.25) is 5.02 Å². The Labute approximate surface area is 117 Å². The van der Waals surface area contributed by atoms with Crippen molar-refractivity contribution in [1.29, 1.82) is 0 Å². The van der Waals surface area contributed by atoms with Gasteiger partial charge in [0.2, 0.25) is 0 Å². The second kappa shape index (κ2) is 6.35. The summed E-state index contributed by atoms with van der Waals surface area (Å²) in [7, 11) is 0. The molecule has 1 saturated heterocycles. The predicted molar refractivity (Wildman–Crippen MR) is 71.7 cm³/mol. The number of likely N-dealkylation sites (tertiary alicyclic amines) is 1. The number of carboxylic acid groups (broad SMARTS) is 1. The molecule has 1 aromatic carbocycles. The maximum atomic E-state index is 13.7. The number of nitrogens with zero attached hydrogens (tertiary/aromatic N) is 1. The van der Waals surface area contributed by atoms with Gasteiger partial charge in [0.15, 0.2) is 0 Å². The topological polar surface area (TPSA) is 40.5 Å². The number of carbonyl (C=O) groups is 1. The first-order valence-electron chi connectivity index (χ1n) is 6.48. The SMILES string of the molecule is O=C(O)C1CCCCCN1Cc1cc(Cl)ccc1F. The van der Waals surface area contributed by atoms with Crippen LogP contribution in [0.3, 0.4) is 0 Å². The van der Waals surface area contributed by atoms with Crippen LogP contribution in [0.15, 0.2) is 18.2 Å². The number of aliphatic carboxylic acids is 1. The van der Waals surface area contributed by atoms with Crippen molar-refractivity contribution in [2.75, 3.05) is 6.54 Å². The van der Waals surface area contributed by atoms with Crippen LogP contribution >= 0.6 is 11.6 Å². The summed E-state index contributed by atoms with van der Waals surface area (Å²) in [5.41, 5.74) is 0.459. The predicted octanol–water partition coefficient (Wildman–Crippen LogP) is 3.31. The average molecular weight is 286 g/mol. The Hall–Kier alpha value is -1.13. The van der Waals surface area contributed by atoms with Gasteiger partial charge in [-0.25, -0.2) is 4.39 Å². The smallest absolute Gasteiger partial charge is 0.320 e. The number of hydrogen-bond acceptors (Lipinski definition) is 2.